The van der Waals surface area contributed by atoms with Gasteiger partial charge in [0.2, 0.25) is 10.0 Å². The van der Waals surface area contributed by atoms with E-state index in [1.807, 2.05) is 6.92 Å². The maximum atomic E-state index is 12.4. The minimum absolute atomic E-state index is 0.102. The molecule has 3 aromatic rings. The van der Waals surface area contributed by atoms with Gasteiger partial charge in [0.1, 0.15) is 0 Å². The predicted octanol–water partition coefficient (Wildman–Crippen LogP) is 2.19. The summed E-state index contributed by atoms with van der Waals surface area (Å²) in [7, 11) is -3.61. The number of nitrogens with one attached hydrogen (secondary N) is 4. The van der Waals surface area contributed by atoms with Crippen LogP contribution >= 0.6 is 0 Å². The molecule has 9 heteroatoms. The number of aromatic nitrogens is 2. The van der Waals surface area contributed by atoms with Crippen LogP contribution in [0.25, 0.3) is 11.0 Å². The van der Waals surface area contributed by atoms with E-state index in [0.29, 0.717) is 28.7 Å². The molecule has 0 bridgehead atoms. The van der Waals surface area contributed by atoms with Crippen molar-refractivity contribution in [2.24, 2.45) is 0 Å². The van der Waals surface area contributed by atoms with E-state index in [2.05, 4.69) is 20.0 Å². The van der Waals surface area contributed by atoms with Crippen molar-refractivity contribution in [3.63, 3.8) is 0 Å². The maximum absolute atomic E-state index is 12.4. The number of sulfonamides is 1. The summed E-state index contributed by atoms with van der Waals surface area (Å²) < 4.78 is 27.1. The average molecular weight is 388 g/mol. The Hall–Kier alpha value is -2.91. The lowest BCUT2D eigenvalue weighted by Gasteiger charge is -2.12. The van der Waals surface area contributed by atoms with Gasteiger partial charge in [-0.1, -0.05) is 6.92 Å². The summed E-state index contributed by atoms with van der Waals surface area (Å²) in [6.07, 6.45) is 0.677. The second-order valence-corrected chi connectivity index (χ2v) is 7.96. The molecule has 1 atom stereocenters. The lowest BCUT2D eigenvalue weighted by Crippen LogP contribution is -2.32. The zero-order chi connectivity index (χ0) is 19.6. The number of hydrogen-bond acceptors (Lipinski definition) is 4. The van der Waals surface area contributed by atoms with Gasteiger partial charge in [0, 0.05) is 17.3 Å². The molecule has 0 aliphatic rings. The number of hydrogen-bond donors (Lipinski definition) is 4. The van der Waals surface area contributed by atoms with Crippen LogP contribution in [0.15, 0.2) is 52.2 Å². The zero-order valence-electron chi connectivity index (χ0n) is 14.9. The van der Waals surface area contributed by atoms with Gasteiger partial charge in [0.15, 0.2) is 0 Å². The van der Waals surface area contributed by atoms with Crippen molar-refractivity contribution in [2.45, 2.75) is 31.2 Å². The van der Waals surface area contributed by atoms with E-state index in [4.69, 9.17) is 0 Å². The third kappa shape index (κ3) is 4.26. The van der Waals surface area contributed by atoms with Crippen LogP contribution in [0.4, 0.5) is 5.69 Å². The predicted molar refractivity (Wildman–Crippen MR) is 103 cm³/mol. The quantitative estimate of drug-likeness (QED) is 0.517. The van der Waals surface area contributed by atoms with Crippen molar-refractivity contribution in [3.05, 3.63) is 58.5 Å². The molecule has 0 unspecified atom stereocenters. The molecule has 1 heterocycles. The first kappa shape index (κ1) is 18.9. The second-order valence-electron chi connectivity index (χ2n) is 6.25. The van der Waals surface area contributed by atoms with Crippen molar-refractivity contribution in [1.29, 1.82) is 0 Å². The molecule has 0 aliphatic heterocycles. The van der Waals surface area contributed by atoms with Gasteiger partial charge in [0.25, 0.3) is 5.91 Å². The molecule has 0 spiro atoms. The second kappa shape index (κ2) is 7.37. The minimum atomic E-state index is -3.61. The van der Waals surface area contributed by atoms with Crippen LogP contribution in [0.1, 0.15) is 30.6 Å². The van der Waals surface area contributed by atoms with Gasteiger partial charge >= 0.3 is 5.69 Å². The number of carbonyl (C=O) groups excluding carboxylic acids is 1. The van der Waals surface area contributed by atoms with E-state index in [0.717, 1.165) is 0 Å². The fraction of sp³-hybridized carbons (Fsp3) is 0.222. The standard InChI is InChI=1S/C18H20N4O4S/c1-3-11(2)22-27(25,26)14-7-4-12(5-8-14)17(23)19-13-6-9-15-16(10-13)21-18(24)20-15/h4-11,22H,3H2,1-2H3,(H,19,23)(H2,20,21,24)/t11-/m1/s1. The first-order chi connectivity index (χ1) is 12.8. The summed E-state index contributed by atoms with van der Waals surface area (Å²) in [5.74, 6) is -0.383. The van der Waals surface area contributed by atoms with Gasteiger partial charge in [-0.2, -0.15) is 0 Å². The Kier molecular flexibility index (Phi) is 5.15. The molecule has 0 radical (unpaired) electrons. The Bertz CT molecular complexity index is 1130. The lowest BCUT2D eigenvalue weighted by molar-refractivity contribution is 0.102. The Morgan fingerprint density at radius 1 is 1.07 bits per heavy atom. The highest BCUT2D eigenvalue weighted by molar-refractivity contribution is 7.89. The van der Waals surface area contributed by atoms with Crippen LogP contribution in [-0.2, 0) is 10.0 Å². The van der Waals surface area contributed by atoms with Crippen molar-refractivity contribution in [1.82, 2.24) is 14.7 Å². The van der Waals surface area contributed by atoms with E-state index in [1.54, 1.807) is 25.1 Å². The fourth-order valence-electron chi connectivity index (χ4n) is 2.52. The van der Waals surface area contributed by atoms with Gasteiger partial charge in [-0.15, -0.1) is 0 Å². The normalized spacial score (nSPS) is 12.8. The SMILES string of the molecule is CC[C@@H](C)NS(=O)(=O)c1ccc(C(=O)Nc2ccc3[nH]c(=O)[nH]c3c2)cc1. The third-order valence-corrected chi connectivity index (χ3v) is 5.77. The number of H-pyrrole nitrogens is 2. The molecule has 4 N–H and O–H groups in total. The summed E-state index contributed by atoms with van der Waals surface area (Å²) in [5.41, 5.74) is 1.73. The average Bonchev–Trinajstić information content (AvgIpc) is 3.00. The highest BCUT2D eigenvalue weighted by Crippen LogP contribution is 2.17. The Morgan fingerprint density at radius 2 is 1.74 bits per heavy atom. The molecule has 1 aromatic heterocycles. The van der Waals surface area contributed by atoms with Gasteiger partial charge in [-0.25, -0.2) is 17.9 Å². The Balaban J connectivity index is 1.75. The van der Waals surface area contributed by atoms with E-state index in [9.17, 15) is 18.0 Å². The van der Waals surface area contributed by atoms with Gasteiger partial charge in [0.05, 0.1) is 15.9 Å². The van der Waals surface area contributed by atoms with Gasteiger partial charge in [-0.3, -0.25) is 4.79 Å². The first-order valence-electron chi connectivity index (χ1n) is 8.44. The number of amides is 1. The monoisotopic (exact) mass is 388 g/mol. The highest BCUT2D eigenvalue weighted by Gasteiger charge is 2.17. The molecule has 3 rings (SSSR count). The van der Waals surface area contributed by atoms with E-state index < -0.39 is 10.0 Å². The van der Waals surface area contributed by atoms with Crippen LogP contribution in [0.3, 0.4) is 0 Å². The van der Waals surface area contributed by atoms with Crippen LogP contribution in [0, 0.1) is 0 Å². The van der Waals surface area contributed by atoms with E-state index in [1.165, 1.54) is 24.3 Å². The van der Waals surface area contributed by atoms with Crippen LogP contribution in [0.5, 0.6) is 0 Å². The summed E-state index contributed by atoms with van der Waals surface area (Å²) >= 11 is 0. The maximum Gasteiger partial charge on any atom is 0.323 e. The molecule has 8 nitrogen and oxygen atoms in total. The topological polar surface area (TPSA) is 124 Å². The first-order valence-corrected chi connectivity index (χ1v) is 9.92. The number of aromatic amines is 2. The lowest BCUT2D eigenvalue weighted by atomic mass is 10.2. The molecule has 2 aromatic carbocycles. The summed E-state index contributed by atoms with van der Waals surface area (Å²) in [6, 6.07) is 10.5. The Morgan fingerprint density at radius 3 is 2.41 bits per heavy atom. The molecule has 0 fully saturated rings. The number of anilines is 1. The number of carbonyl (C=O) groups is 1. The van der Waals surface area contributed by atoms with Gasteiger partial charge in [-0.05, 0) is 55.8 Å². The van der Waals surface area contributed by atoms with Crippen molar-refractivity contribution in [2.75, 3.05) is 5.32 Å². The molecular formula is C18H20N4O4S. The zero-order valence-corrected chi connectivity index (χ0v) is 15.7. The van der Waals surface area contributed by atoms with Gasteiger partial charge < -0.3 is 15.3 Å². The van der Waals surface area contributed by atoms with E-state index in [-0.39, 0.29) is 22.5 Å². The molecular weight excluding hydrogens is 368 g/mol. The largest absolute Gasteiger partial charge is 0.323 e. The minimum Gasteiger partial charge on any atom is -0.322 e. The number of fused-ring (bicyclic) bond motifs is 1. The number of rotatable bonds is 6. The van der Waals surface area contributed by atoms with Crippen LogP contribution in [-0.4, -0.2) is 30.3 Å². The molecule has 1 amide bonds. The third-order valence-electron chi connectivity index (χ3n) is 4.17. The summed E-state index contributed by atoms with van der Waals surface area (Å²) in [6.45, 7) is 3.68. The van der Waals surface area contributed by atoms with Crippen molar-refractivity contribution in [3.8, 4) is 0 Å². The molecule has 0 saturated heterocycles. The molecule has 0 aliphatic carbocycles. The summed E-state index contributed by atoms with van der Waals surface area (Å²) in [4.78, 5) is 29.0. The number of imidazole rings is 1. The number of benzene rings is 2. The highest BCUT2D eigenvalue weighted by atomic mass is 32.2. The van der Waals surface area contributed by atoms with E-state index >= 15 is 0 Å². The van der Waals surface area contributed by atoms with Crippen molar-refractivity contribution < 1.29 is 13.2 Å². The molecule has 142 valence electrons. The Labute approximate surface area is 156 Å². The fourth-order valence-corrected chi connectivity index (χ4v) is 3.84. The molecule has 27 heavy (non-hydrogen) atoms. The van der Waals surface area contributed by atoms with Crippen LogP contribution in [0.2, 0.25) is 0 Å². The van der Waals surface area contributed by atoms with Crippen molar-refractivity contribution >= 4 is 32.7 Å². The van der Waals surface area contributed by atoms with Crippen LogP contribution < -0.4 is 15.7 Å². The smallest absolute Gasteiger partial charge is 0.322 e. The summed E-state index contributed by atoms with van der Waals surface area (Å²) in [5, 5.41) is 2.72. The molecule has 0 saturated carbocycles.